The SMILES string of the molecule is BNC(N)=O.[KH].[Zn]. The molecule has 0 rings (SSSR count). The maximum atomic E-state index is 9.48. The van der Waals surface area contributed by atoms with Crippen LogP contribution in [0.3, 0.4) is 0 Å². The van der Waals surface area contributed by atoms with E-state index in [1.165, 1.54) is 7.98 Å². The first-order chi connectivity index (χ1) is 2.27. The van der Waals surface area contributed by atoms with Gasteiger partial charge in [-0.05, 0) is 0 Å². The quantitative estimate of drug-likeness (QED) is 0.397. The van der Waals surface area contributed by atoms with E-state index in [1.54, 1.807) is 0 Å². The van der Waals surface area contributed by atoms with Gasteiger partial charge in [0.15, 0.2) is 0 Å². The second-order valence-electron chi connectivity index (χ2n) is 0.614. The van der Waals surface area contributed by atoms with E-state index in [2.05, 4.69) is 11.0 Å². The molecule has 0 bridgehead atoms. The molecule has 0 aliphatic heterocycles. The Kier molecular flexibility index (Phi) is 23.9. The van der Waals surface area contributed by atoms with Gasteiger partial charge in [0.2, 0.25) is 7.98 Å². The topological polar surface area (TPSA) is 55.1 Å². The van der Waals surface area contributed by atoms with E-state index in [-0.39, 0.29) is 70.9 Å². The predicted octanol–water partition coefficient (Wildman–Crippen LogP) is -2.45. The molecule has 0 aliphatic rings. The molecule has 0 radical (unpaired) electrons. The first kappa shape index (κ1) is 15.8. The molecule has 0 heterocycles. The summed E-state index contributed by atoms with van der Waals surface area (Å²) in [5.41, 5.74) is 4.54. The van der Waals surface area contributed by atoms with E-state index in [0.717, 1.165) is 0 Å². The second-order valence-corrected chi connectivity index (χ2v) is 0.614. The van der Waals surface area contributed by atoms with E-state index < -0.39 is 6.03 Å². The van der Waals surface area contributed by atoms with Crippen LogP contribution in [-0.2, 0) is 19.5 Å². The maximum Gasteiger partial charge on any atom is 0 e. The van der Waals surface area contributed by atoms with Crippen molar-refractivity contribution >= 4 is 65.4 Å². The van der Waals surface area contributed by atoms with Crippen molar-refractivity contribution < 1.29 is 24.3 Å². The van der Waals surface area contributed by atoms with Gasteiger partial charge in [-0.2, -0.15) is 0 Å². The predicted molar refractivity (Wildman–Crippen MR) is 28.4 cm³/mol. The Hall–Kier alpha value is 1.59. The third-order valence-corrected chi connectivity index (χ3v) is 0.246. The molecular formula is CH6BKN2OZn. The van der Waals surface area contributed by atoms with Crippen LogP contribution in [-0.4, -0.2) is 65.4 Å². The fraction of sp³-hybridized carbons (Fsp3) is 0. The average molecular weight is 177 g/mol. The molecule has 0 saturated heterocycles. The van der Waals surface area contributed by atoms with Crippen molar-refractivity contribution in [3.8, 4) is 0 Å². The zero-order valence-electron chi connectivity index (χ0n) is 3.69. The minimum atomic E-state index is -0.495. The van der Waals surface area contributed by atoms with Crippen molar-refractivity contribution in [1.29, 1.82) is 0 Å². The van der Waals surface area contributed by atoms with Gasteiger partial charge in [-0.3, -0.25) is 4.79 Å². The van der Waals surface area contributed by atoms with Crippen molar-refractivity contribution in [2.75, 3.05) is 0 Å². The molecule has 0 unspecified atom stereocenters. The third kappa shape index (κ3) is 18.4. The Morgan fingerprint density at radius 1 is 1.71 bits per heavy atom. The average Bonchev–Trinajstić information content (AvgIpc) is 1.38. The number of nitrogens with one attached hydrogen (secondary N) is 1. The van der Waals surface area contributed by atoms with Crippen LogP contribution in [0.15, 0.2) is 0 Å². The van der Waals surface area contributed by atoms with Gasteiger partial charge >= 0.3 is 51.4 Å². The maximum absolute atomic E-state index is 9.48. The molecule has 0 aromatic heterocycles. The largest absolute Gasteiger partial charge is 0 e. The summed E-state index contributed by atoms with van der Waals surface area (Å²) in [6.45, 7) is 0. The Morgan fingerprint density at radius 2 is 1.86 bits per heavy atom. The molecule has 0 aliphatic carbocycles. The summed E-state index contributed by atoms with van der Waals surface area (Å²) in [6.07, 6.45) is 0. The van der Waals surface area contributed by atoms with Crippen LogP contribution in [0.1, 0.15) is 0 Å². The van der Waals surface area contributed by atoms with Gasteiger partial charge in [0, 0.05) is 19.5 Å². The molecular weight excluding hydrogens is 171 g/mol. The van der Waals surface area contributed by atoms with Crippen molar-refractivity contribution in [2.24, 2.45) is 5.73 Å². The summed E-state index contributed by atoms with van der Waals surface area (Å²) in [5, 5.41) is 2.17. The summed E-state index contributed by atoms with van der Waals surface area (Å²) in [4.78, 5) is 9.48. The van der Waals surface area contributed by atoms with Crippen LogP contribution in [0, 0.1) is 0 Å². The summed E-state index contributed by atoms with van der Waals surface area (Å²) in [7, 11) is 1.47. The van der Waals surface area contributed by atoms with Crippen molar-refractivity contribution in [1.82, 2.24) is 5.23 Å². The summed E-state index contributed by atoms with van der Waals surface area (Å²) in [5.74, 6) is 0. The number of hydrogen-bond acceptors (Lipinski definition) is 1. The van der Waals surface area contributed by atoms with Crippen LogP contribution in [0.4, 0.5) is 4.79 Å². The molecule has 6 heteroatoms. The van der Waals surface area contributed by atoms with Gasteiger partial charge in [-0.1, -0.05) is 0 Å². The van der Waals surface area contributed by atoms with E-state index in [1.807, 2.05) is 0 Å². The molecule has 2 amide bonds. The monoisotopic (exact) mass is 176 g/mol. The number of hydrogen-bond donors (Lipinski definition) is 2. The number of primary amides is 1. The van der Waals surface area contributed by atoms with E-state index in [4.69, 9.17) is 0 Å². The number of rotatable bonds is 0. The molecule has 3 N–H and O–H groups in total. The van der Waals surface area contributed by atoms with Crippen LogP contribution in [0.5, 0.6) is 0 Å². The number of amides is 2. The van der Waals surface area contributed by atoms with Gasteiger partial charge in [0.1, 0.15) is 0 Å². The van der Waals surface area contributed by atoms with E-state index in [0.29, 0.717) is 0 Å². The molecule has 0 fully saturated rings. The summed E-state index contributed by atoms with van der Waals surface area (Å²) in [6, 6.07) is -0.495. The molecule has 3 nitrogen and oxygen atoms in total. The molecule has 0 aromatic carbocycles. The molecule has 32 valence electrons. The van der Waals surface area contributed by atoms with Crippen LogP contribution in [0.2, 0.25) is 0 Å². The standard InChI is InChI=1S/CH5BN2O.K.Zn.H/c2-4-1(3)5;;;/h2H2,(H3,3,4,5);;;. The first-order valence-corrected chi connectivity index (χ1v) is 1.24. The third-order valence-electron chi connectivity index (χ3n) is 0.246. The van der Waals surface area contributed by atoms with Gasteiger partial charge in [0.25, 0.3) is 6.03 Å². The fourth-order valence-electron chi connectivity index (χ4n) is 0. The molecule has 0 aromatic rings. The number of urea groups is 1. The Morgan fingerprint density at radius 3 is 1.86 bits per heavy atom. The van der Waals surface area contributed by atoms with Gasteiger partial charge in [0.05, 0.1) is 0 Å². The van der Waals surface area contributed by atoms with Crippen LogP contribution >= 0.6 is 0 Å². The first-order valence-electron chi connectivity index (χ1n) is 1.24. The minimum Gasteiger partial charge on any atom is 0 e. The number of carbonyl (C=O) groups is 1. The van der Waals surface area contributed by atoms with Gasteiger partial charge in [-0.15, -0.1) is 0 Å². The second kappa shape index (κ2) is 10.6. The van der Waals surface area contributed by atoms with E-state index >= 15 is 0 Å². The smallest absolute Gasteiger partial charge is 0 e. The number of carbonyl (C=O) groups excluding carboxylic acids is 1. The molecule has 7 heavy (non-hydrogen) atoms. The minimum absolute atomic E-state index is 0. The zero-order chi connectivity index (χ0) is 4.28. The van der Waals surface area contributed by atoms with Crippen molar-refractivity contribution in [2.45, 2.75) is 0 Å². The van der Waals surface area contributed by atoms with Crippen molar-refractivity contribution in [3.05, 3.63) is 0 Å². The summed E-state index contributed by atoms with van der Waals surface area (Å²) >= 11 is 0. The Balaban J connectivity index is -0.0000000800. The van der Waals surface area contributed by atoms with Gasteiger partial charge < -0.3 is 11.0 Å². The Bertz CT molecular complexity index is 53.0. The zero-order valence-corrected chi connectivity index (χ0v) is 6.66. The summed E-state index contributed by atoms with van der Waals surface area (Å²) < 4.78 is 0. The molecule has 0 spiro atoms. The normalized spacial score (nSPS) is 4.57. The number of nitrogens with two attached hydrogens (primary N) is 1. The van der Waals surface area contributed by atoms with Gasteiger partial charge in [-0.25, -0.2) is 0 Å². The van der Waals surface area contributed by atoms with Crippen LogP contribution < -0.4 is 11.0 Å². The molecule has 0 atom stereocenters. The van der Waals surface area contributed by atoms with Crippen LogP contribution in [0.25, 0.3) is 0 Å². The molecule has 0 saturated carbocycles. The van der Waals surface area contributed by atoms with E-state index in [9.17, 15) is 4.79 Å². The van der Waals surface area contributed by atoms with Crippen molar-refractivity contribution in [3.63, 3.8) is 0 Å². The Labute approximate surface area is 98.8 Å². The fourth-order valence-corrected chi connectivity index (χ4v) is 0.